The SMILES string of the molecule is O=C(O)[C@H](Br)Cc1ccc2c(c1)OCO2. The van der Waals surface area contributed by atoms with Crippen molar-refractivity contribution in [1.29, 1.82) is 0 Å². The van der Waals surface area contributed by atoms with Gasteiger partial charge in [-0.15, -0.1) is 0 Å². The summed E-state index contributed by atoms with van der Waals surface area (Å²) in [6.45, 7) is 0.232. The molecule has 15 heavy (non-hydrogen) atoms. The zero-order valence-electron chi connectivity index (χ0n) is 7.77. The molecule has 0 radical (unpaired) electrons. The number of alkyl halides is 1. The van der Waals surface area contributed by atoms with E-state index in [0.717, 1.165) is 5.56 Å². The van der Waals surface area contributed by atoms with Gasteiger partial charge in [-0.2, -0.15) is 0 Å². The summed E-state index contributed by atoms with van der Waals surface area (Å²) in [6, 6.07) is 5.43. The van der Waals surface area contributed by atoms with E-state index < -0.39 is 10.8 Å². The van der Waals surface area contributed by atoms with Gasteiger partial charge in [0.15, 0.2) is 11.5 Å². The largest absolute Gasteiger partial charge is 0.480 e. The second kappa shape index (κ2) is 4.10. The fourth-order valence-electron chi connectivity index (χ4n) is 1.36. The van der Waals surface area contributed by atoms with Crippen molar-refractivity contribution in [2.45, 2.75) is 11.2 Å². The van der Waals surface area contributed by atoms with Gasteiger partial charge in [0.1, 0.15) is 4.83 Å². The third-order valence-corrected chi connectivity index (χ3v) is 2.84. The van der Waals surface area contributed by atoms with Crippen molar-refractivity contribution in [2.24, 2.45) is 0 Å². The maximum absolute atomic E-state index is 10.6. The van der Waals surface area contributed by atoms with Crippen molar-refractivity contribution in [3.05, 3.63) is 23.8 Å². The number of benzene rings is 1. The Bertz CT molecular complexity index is 391. The van der Waals surface area contributed by atoms with Gasteiger partial charge in [-0.25, -0.2) is 0 Å². The van der Waals surface area contributed by atoms with Crippen molar-refractivity contribution in [1.82, 2.24) is 0 Å². The smallest absolute Gasteiger partial charge is 0.317 e. The molecule has 0 bridgehead atoms. The molecular weight excluding hydrogens is 264 g/mol. The molecule has 0 saturated carbocycles. The molecule has 0 unspecified atom stereocenters. The minimum absolute atomic E-state index is 0.232. The standard InChI is InChI=1S/C10H9BrO4/c11-7(10(12)13)3-6-1-2-8-9(4-6)15-5-14-8/h1-2,4,7H,3,5H2,(H,12,13)/t7-/m1/s1. The summed E-state index contributed by atoms with van der Waals surface area (Å²) >= 11 is 3.09. The van der Waals surface area contributed by atoms with Crippen LogP contribution in [0.2, 0.25) is 0 Å². The van der Waals surface area contributed by atoms with Crippen LogP contribution in [0.15, 0.2) is 18.2 Å². The minimum Gasteiger partial charge on any atom is -0.480 e. The maximum atomic E-state index is 10.6. The molecule has 1 aliphatic rings. The van der Waals surface area contributed by atoms with E-state index in [0.29, 0.717) is 17.9 Å². The van der Waals surface area contributed by atoms with Crippen LogP contribution in [0.3, 0.4) is 0 Å². The summed E-state index contributed by atoms with van der Waals surface area (Å²) in [5.74, 6) is 0.519. The Kier molecular flexibility index (Phi) is 2.81. The van der Waals surface area contributed by atoms with Gasteiger partial charge in [0.25, 0.3) is 0 Å². The lowest BCUT2D eigenvalue weighted by Crippen LogP contribution is -2.15. The predicted octanol–water partition coefficient (Wildman–Crippen LogP) is 1.81. The van der Waals surface area contributed by atoms with Crippen LogP contribution in [-0.2, 0) is 11.2 Å². The van der Waals surface area contributed by atoms with E-state index in [9.17, 15) is 4.79 Å². The number of carbonyl (C=O) groups is 1. The second-order valence-corrected chi connectivity index (χ2v) is 4.30. The monoisotopic (exact) mass is 272 g/mol. The van der Waals surface area contributed by atoms with E-state index in [1.807, 2.05) is 6.07 Å². The number of hydrogen-bond acceptors (Lipinski definition) is 3. The molecule has 5 heteroatoms. The predicted molar refractivity (Wildman–Crippen MR) is 56.6 cm³/mol. The molecule has 1 N–H and O–H groups in total. The van der Waals surface area contributed by atoms with Gasteiger partial charge in [0, 0.05) is 0 Å². The average Bonchev–Trinajstić information content (AvgIpc) is 2.64. The number of fused-ring (bicyclic) bond motifs is 1. The Labute approximate surface area is 94.9 Å². The Morgan fingerprint density at radius 1 is 1.47 bits per heavy atom. The van der Waals surface area contributed by atoms with Gasteiger partial charge in [-0.3, -0.25) is 4.79 Å². The van der Waals surface area contributed by atoms with Gasteiger partial charge < -0.3 is 14.6 Å². The van der Waals surface area contributed by atoms with Crippen LogP contribution in [0.5, 0.6) is 11.5 Å². The highest BCUT2D eigenvalue weighted by Crippen LogP contribution is 2.33. The molecule has 1 heterocycles. The summed E-state index contributed by atoms with van der Waals surface area (Å²) in [5.41, 5.74) is 0.906. The number of carboxylic acid groups (broad SMARTS) is 1. The van der Waals surface area contributed by atoms with Crippen LogP contribution in [-0.4, -0.2) is 22.7 Å². The zero-order valence-corrected chi connectivity index (χ0v) is 9.36. The lowest BCUT2D eigenvalue weighted by atomic mass is 10.1. The van der Waals surface area contributed by atoms with Gasteiger partial charge in [-0.05, 0) is 24.1 Å². The first-order valence-electron chi connectivity index (χ1n) is 4.42. The van der Waals surface area contributed by atoms with Crippen LogP contribution >= 0.6 is 15.9 Å². The molecule has 0 saturated heterocycles. The van der Waals surface area contributed by atoms with Crippen LogP contribution in [0.4, 0.5) is 0 Å². The van der Waals surface area contributed by atoms with E-state index in [2.05, 4.69) is 15.9 Å². The van der Waals surface area contributed by atoms with Crippen molar-refractivity contribution >= 4 is 21.9 Å². The van der Waals surface area contributed by atoms with Crippen molar-refractivity contribution in [3.63, 3.8) is 0 Å². The number of ether oxygens (including phenoxy) is 2. The molecule has 4 nitrogen and oxygen atoms in total. The molecule has 0 spiro atoms. The van der Waals surface area contributed by atoms with Crippen molar-refractivity contribution < 1.29 is 19.4 Å². The van der Waals surface area contributed by atoms with Gasteiger partial charge >= 0.3 is 5.97 Å². The van der Waals surface area contributed by atoms with E-state index in [4.69, 9.17) is 14.6 Å². The lowest BCUT2D eigenvalue weighted by molar-refractivity contribution is -0.136. The summed E-state index contributed by atoms with van der Waals surface area (Å²) in [4.78, 5) is 10.1. The normalized spacial score (nSPS) is 15.0. The molecule has 0 aromatic heterocycles. The highest BCUT2D eigenvalue weighted by Gasteiger charge is 2.17. The lowest BCUT2D eigenvalue weighted by Gasteiger charge is -2.05. The van der Waals surface area contributed by atoms with E-state index in [1.54, 1.807) is 12.1 Å². The molecular formula is C10H9BrO4. The molecule has 2 rings (SSSR count). The first kappa shape index (κ1) is 10.3. The topological polar surface area (TPSA) is 55.8 Å². The minimum atomic E-state index is -0.868. The maximum Gasteiger partial charge on any atom is 0.317 e. The molecule has 0 aliphatic carbocycles. The fraction of sp³-hybridized carbons (Fsp3) is 0.300. The van der Waals surface area contributed by atoms with E-state index in [1.165, 1.54) is 0 Å². The molecule has 80 valence electrons. The van der Waals surface area contributed by atoms with E-state index in [-0.39, 0.29) is 6.79 Å². The Hall–Kier alpha value is -1.23. The molecule has 1 aromatic rings. The highest BCUT2D eigenvalue weighted by molar-refractivity contribution is 9.10. The number of hydrogen-bond donors (Lipinski definition) is 1. The fourth-order valence-corrected chi connectivity index (χ4v) is 1.74. The second-order valence-electron chi connectivity index (χ2n) is 3.20. The number of carboxylic acids is 1. The molecule has 0 amide bonds. The van der Waals surface area contributed by atoms with E-state index >= 15 is 0 Å². The molecule has 0 fully saturated rings. The van der Waals surface area contributed by atoms with Gasteiger partial charge in [0.2, 0.25) is 6.79 Å². The Morgan fingerprint density at radius 3 is 2.93 bits per heavy atom. The quantitative estimate of drug-likeness (QED) is 0.853. The zero-order chi connectivity index (χ0) is 10.8. The average molecular weight is 273 g/mol. The van der Waals surface area contributed by atoms with Gasteiger partial charge in [-0.1, -0.05) is 22.0 Å². The van der Waals surface area contributed by atoms with Crippen molar-refractivity contribution in [2.75, 3.05) is 6.79 Å². The summed E-state index contributed by atoms with van der Waals surface area (Å²) in [7, 11) is 0. The van der Waals surface area contributed by atoms with Crippen LogP contribution in [0.1, 0.15) is 5.56 Å². The first-order valence-corrected chi connectivity index (χ1v) is 5.34. The number of aliphatic carboxylic acids is 1. The van der Waals surface area contributed by atoms with Crippen LogP contribution in [0, 0.1) is 0 Å². The summed E-state index contributed by atoms with van der Waals surface area (Å²) in [5, 5.41) is 8.73. The third kappa shape index (κ3) is 2.23. The molecule has 1 atom stereocenters. The highest BCUT2D eigenvalue weighted by atomic mass is 79.9. The van der Waals surface area contributed by atoms with Gasteiger partial charge in [0.05, 0.1) is 0 Å². The first-order chi connectivity index (χ1) is 7.16. The van der Waals surface area contributed by atoms with Crippen LogP contribution < -0.4 is 9.47 Å². The Balaban J connectivity index is 2.13. The van der Waals surface area contributed by atoms with Crippen LogP contribution in [0.25, 0.3) is 0 Å². The third-order valence-electron chi connectivity index (χ3n) is 2.12. The molecule has 1 aromatic carbocycles. The number of rotatable bonds is 3. The number of halogens is 1. The van der Waals surface area contributed by atoms with Crippen molar-refractivity contribution in [3.8, 4) is 11.5 Å². The summed E-state index contributed by atoms with van der Waals surface area (Å²) in [6.07, 6.45) is 0.423. The molecule has 1 aliphatic heterocycles. The Morgan fingerprint density at radius 2 is 2.20 bits per heavy atom. The summed E-state index contributed by atoms with van der Waals surface area (Å²) < 4.78 is 10.4.